The molecule has 2 heterocycles. The van der Waals surface area contributed by atoms with Crippen LogP contribution in [0.1, 0.15) is 22.5 Å². The molecule has 0 aliphatic carbocycles. The first kappa shape index (κ1) is 15.2. The first-order chi connectivity index (χ1) is 10.6. The zero-order valence-electron chi connectivity index (χ0n) is 13.1. The molecule has 0 atom stereocenters. The maximum absolute atomic E-state index is 12.6. The first-order valence-electron chi connectivity index (χ1n) is 7.64. The van der Waals surface area contributed by atoms with Crippen LogP contribution in [0, 0.1) is 6.92 Å². The molecule has 22 heavy (non-hydrogen) atoms. The summed E-state index contributed by atoms with van der Waals surface area (Å²) in [5.74, 6) is 0.0601. The molecule has 116 valence electrons. The third-order valence-electron chi connectivity index (χ3n) is 4.03. The molecule has 1 aromatic carbocycles. The van der Waals surface area contributed by atoms with E-state index in [0.29, 0.717) is 5.69 Å². The average molecular weight is 315 g/mol. The predicted octanol–water partition coefficient (Wildman–Crippen LogP) is 2.90. The fourth-order valence-corrected chi connectivity index (χ4v) is 3.41. The number of likely N-dealkylation sites (N-methyl/N-ethyl adjacent to an activating group) is 1. The molecule has 0 saturated carbocycles. The molecule has 0 unspecified atom stereocenters. The lowest BCUT2D eigenvalue weighted by atomic mass is 10.2. The second kappa shape index (κ2) is 6.58. The first-order valence-corrected chi connectivity index (χ1v) is 8.52. The Morgan fingerprint density at radius 2 is 1.91 bits per heavy atom. The van der Waals surface area contributed by atoms with Crippen LogP contribution >= 0.6 is 11.3 Å². The zero-order valence-corrected chi connectivity index (χ0v) is 13.9. The Morgan fingerprint density at radius 3 is 2.68 bits per heavy atom. The van der Waals surface area contributed by atoms with Crippen molar-refractivity contribution in [1.29, 1.82) is 0 Å². The fourth-order valence-electron chi connectivity index (χ4n) is 2.61. The lowest BCUT2D eigenvalue weighted by molar-refractivity contribution is 0.0758. The Balaban J connectivity index is 1.75. The maximum atomic E-state index is 12.6. The van der Waals surface area contributed by atoms with Crippen LogP contribution < -0.4 is 0 Å². The minimum absolute atomic E-state index is 0.0601. The van der Waals surface area contributed by atoms with E-state index in [1.54, 1.807) is 0 Å². The van der Waals surface area contributed by atoms with E-state index < -0.39 is 0 Å². The maximum Gasteiger partial charge on any atom is 0.273 e. The van der Waals surface area contributed by atoms with Gasteiger partial charge in [-0.15, -0.1) is 11.3 Å². The summed E-state index contributed by atoms with van der Waals surface area (Å²) in [4.78, 5) is 21.4. The highest BCUT2D eigenvalue weighted by Crippen LogP contribution is 2.24. The van der Waals surface area contributed by atoms with Gasteiger partial charge in [-0.05, 0) is 26.9 Å². The van der Waals surface area contributed by atoms with Gasteiger partial charge in [0, 0.05) is 30.6 Å². The molecule has 3 rings (SSSR count). The normalized spacial score (nSPS) is 16.5. The van der Waals surface area contributed by atoms with Gasteiger partial charge >= 0.3 is 0 Å². The summed E-state index contributed by atoms with van der Waals surface area (Å²) < 4.78 is 0. The van der Waals surface area contributed by atoms with Gasteiger partial charge in [-0.25, -0.2) is 4.98 Å². The van der Waals surface area contributed by atoms with Crippen LogP contribution in [0.4, 0.5) is 0 Å². The van der Waals surface area contributed by atoms with Crippen LogP contribution in [0.3, 0.4) is 0 Å². The number of amides is 1. The van der Waals surface area contributed by atoms with Crippen molar-refractivity contribution in [3.63, 3.8) is 0 Å². The van der Waals surface area contributed by atoms with Crippen molar-refractivity contribution < 1.29 is 4.79 Å². The van der Waals surface area contributed by atoms with Gasteiger partial charge in [-0.3, -0.25) is 4.79 Å². The largest absolute Gasteiger partial charge is 0.336 e. The van der Waals surface area contributed by atoms with Gasteiger partial charge in [-0.1, -0.05) is 29.8 Å². The SMILES string of the molecule is Cc1ccc(-c2nc(C(=O)N3CCCN(C)CC3)cs2)cc1. The van der Waals surface area contributed by atoms with Crippen LogP contribution in [0.15, 0.2) is 29.6 Å². The average Bonchev–Trinajstić information content (AvgIpc) is 2.90. The summed E-state index contributed by atoms with van der Waals surface area (Å²) in [6.07, 6.45) is 1.02. The molecule has 0 bridgehead atoms. The summed E-state index contributed by atoms with van der Waals surface area (Å²) in [5, 5.41) is 2.79. The summed E-state index contributed by atoms with van der Waals surface area (Å²) in [6.45, 7) is 5.65. The summed E-state index contributed by atoms with van der Waals surface area (Å²) in [7, 11) is 2.10. The van der Waals surface area contributed by atoms with Gasteiger partial charge in [0.25, 0.3) is 5.91 Å². The number of hydrogen-bond donors (Lipinski definition) is 0. The van der Waals surface area contributed by atoms with Crippen molar-refractivity contribution in [2.45, 2.75) is 13.3 Å². The second-order valence-corrected chi connectivity index (χ2v) is 6.71. The number of aromatic nitrogens is 1. The summed E-state index contributed by atoms with van der Waals surface area (Å²) in [5.41, 5.74) is 2.88. The van der Waals surface area contributed by atoms with Crippen molar-refractivity contribution in [2.75, 3.05) is 33.2 Å². The van der Waals surface area contributed by atoms with Gasteiger partial charge in [0.15, 0.2) is 0 Å². The smallest absolute Gasteiger partial charge is 0.273 e. The molecule has 5 heteroatoms. The lowest BCUT2D eigenvalue weighted by Gasteiger charge is -2.19. The standard InChI is InChI=1S/C17H21N3OS/c1-13-4-6-14(7-5-13)16-18-15(12-22-16)17(21)20-9-3-8-19(2)10-11-20/h4-7,12H,3,8-11H2,1-2H3. The molecular formula is C17H21N3OS. The molecule has 0 N–H and O–H groups in total. The van der Waals surface area contributed by atoms with Crippen LogP contribution in [0.2, 0.25) is 0 Å². The molecule has 1 saturated heterocycles. The fraction of sp³-hybridized carbons (Fsp3) is 0.412. The van der Waals surface area contributed by atoms with Crippen molar-refractivity contribution in [3.8, 4) is 10.6 Å². The van der Waals surface area contributed by atoms with Gasteiger partial charge < -0.3 is 9.80 Å². The predicted molar refractivity (Wildman–Crippen MR) is 90.3 cm³/mol. The minimum Gasteiger partial charge on any atom is -0.336 e. The number of hydrogen-bond acceptors (Lipinski definition) is 4. The van der Waals surface area contributed by atoms with E-state index in [9.17, 15) is 4.79 Å². The van der Waals surface area contributed by atoms with Crippen LogP contribution in [0.25, 0.3) is 10.6 Å². The Hall–Kier alpha value is -1.72. The lowest BCUT2D eigenvalue weighted by Crippen LogP contribution is -2.34. The van der Waals surface area contributed by atoms with E-state index in [2.05, 4.69) is 48.1 Å². The molecule has 1 aromatic heterocycles. The van der Waals surface area contributed by atoms with Crippen molar-refractivity contribution in [2.24, 2.45) is 0 Å². The molecule has 4 nitrogen and oxygen atoms in total. The highest BCUT2D eigenvalue weighted by molar-refractivity contribution is 7.13. The number of rotatable bonds is 2. The van der Waals surface area contributed by atoms with Crippen molar-refractivity contribution in [1.82, 2.24) is 14.8 Å². The zero-order chi connectivity index (χ0) is 15.5. The monoisotopic (exact) mass is 315 g/mol. The summed E-state index contributed by atoms with van der Waals surface area (Å²) in [6, 6.07) is 8.26. The Morgan fingerprint density at radius 1 is 1.14 bits per heavy atom. The van der Waals surface area contributed by atoms with Crippen molar-refractivity contribution in [3.05, 3.63) is 40.9 Å². The second-order valence-electron chi connectivity index (χ2n) is 5.85. The molecule has 0 radical (unpaired) electrons. The van der Waals surface area contributed by atoms with E-state index in [4.69, 9.17) is 0 Å². The molecule has 2 aromatic rings. The molecule has 1 amide bonds. The Bertz CT molecular complexity index is 650. The third kappa shape index (κ3) is 3.36. The number of nitrogens with zero attached hydrogens (tertiary/aromatic N) is 3. The minimum atomic E-state index is 0.0601. The van der Waals surface area contributed by atoms with E-state index in [1.807, 2.05) is 10.3 Å². The van der Waals surface area contributed by atoms with E-state index in [-0.39, 0.29) is 5.91 Å². The number of aryl methyl sites for hydroxylation is 1. The van der Waals surface area contributed by atoms with Gasteiger partial charge in [0.1, 0.15) is 10.7 Å². The van der Waals surface area contributed by atoms with Crippen molar-refractivity contribution >= 4 is 17.2 Å². The quantitative estimate of drug-likeness (QED) is 0.855. The molecular weight excluding hydrogens is 294 g/mol. The Labute approximate surface area is 135 Å². The summed E-state index contributed by atoms with van der Waals surface area (Å²) >= 11 is 1.54. The van der Waals surface area contributed by atoms with Crippen LogP contribution in [0.5, 0.6) is 0 Å². The van der Waals surface area contributed by atoms with Gasteiger partial charge in [0.2, 0.25) is 0 Å². The van der Waals surface area contributed by atoms with Crippen LogP contribution in [-0.2, 0) is 0 Å². The third-order valence-corrected chi connectivity index (χ3v) is 4.92. The van der Waals surface area contributed by atoms with E-state index in [0.717, 1.165) is 43.2 Å². The number of benzene rings is 1. The van der Waals surface area contributed by atoms with E-state index in [1.165, 1.54) is 16.9 Å². The molecule has 0 spiro atoms. The van der Waals surface area contributed by atoms with Crippen LogP contribution in [-0.4, -0.2) is 53.9 Å². The Kier molecular flexibility index (Phi) is 4.55. The van der Waals surface area contributed by atoms with Gasteiger partial charge in [-0.2, -0.15) is 0 Å². The molecule has 1 aliphatic heterocycles. The highest BCUT2D eigenvalue weighted by atomic mass is 32.1. The topological polar surface area (TPSA) is 36.4 Å². The number of carbonyl (C=O) groups is 1. The molecule has 1 fully saturated rings. The molecule has 1 aliphatic rings. The van der Waals surface area contributed by atoms with E-state index >= 15 is 0 Å². The highest BCUT2D eigenvalue weighted by Gasteiger charge is 2.21. The number of carbonyl (C=O) groups excluding carboxylic acids is 1. The number of thiazole rings is 1. The van der Waals surface area contributed by atoms with Gasteiger partial charge in [0.05, 0.1) is 0 Å².